The SMILES string of the molecule is NC(=O)OCc1cc2cccc(C(F)(F)F)c2o1. The molecule has 0 unspecified atom stereocenters. The zero-order valence-electron chi connectivity index (χ0n) is 8.95. The summed E-state index contributed by atoms with van der Waals surface area (Å²) in [6.45, 7) is -0.304. The maximum Gasteiger partial charge on any atom is 0.420 e. The molecule has 1 aromatic heterocycles. The van der Waals surface area contributed by atoms with E-state index in [-0.39, 0.29) is 23.3 Å². The number of nitrogens with two attached hydrogens (primary N) is 1. The number of halogens is 3. The Morgan fingerprint density at radius 2 is 2.11 bits per heavy atom. The molecule has 0 fully saturated rings. The van der Waals surface area contributed by atoms with Gasteiger partial charge in [-0.25, -0.2) is 4.79 Å². The van der Waals surface area contributed by atoms with Gasteiger partial charge in [0.2, 0.25) is 0 Å². The van der Waals surface area contributed by atoms with E-state index in [2.05, 4.69) is 4.74 Å². The number of hydrogen-bond donors (Lipinski definition) is 1. The first-order chi connectivity index (χ1) is 8.38. The maximum atomic E-state index is 12.7. The van der Waals surface area contributed by atoms with Crippen molar-refractivity contribution in [3.05, 3.63) is 35.6 Å². The van der Waals surface area contributed by atoms with E-state index < -0.39 is 17.8 Å². The molecule has 7 heteroatoms. The monoisotopic (exact) mass is 259 g/mol. The summed E-state index contributed by atoms with van der Waals surface area (Å²) >= 11 is 0. The fourth-order valence-electron chi connectivity index (χ4n) is 1.55. The number of furan rings is 1. The van der Waals surface area contributed by atoms with Crippen molar-refractivity contribution in [1.82, 2.24) is 0 Å². The van der Waals surface area contributed by atoms with Gasteiger partial charge in [0, 0.05) is 5.39 Å². The molecule has 1 heterocycles. The van der Waals surface area contributed by atoms with Crippen molar-refractivity contribution in [1.29, 1.82) is 0 Å². The van der Waals surface area contributed by atoms with Crippen LogP contribution in [0.5, 0.6) is 0 Å². The molecule has 0 saturated carbocycles. The van der Waals surface area contributed by atoms with Gasteiger partial charge < -0.3 is 14.9 Å². The Bertz CT molecular complexity index is 589. The lowest BCUT2D eigenvalue weighted by Gasteiger charge is -2.06. The minimum atomic E-state index is -4.50. The molecule has 18 heavy (non-hydrogen) atoms. The maximum absolute atomic E-state index is 12.7. The molecule has 0 bridgehead atoms. The van der Waals surface area contributed by atoms with Crippen molar-refractivity contribution in [3.63, 3.8) is 0 Å². The van der Waals surface area contributed by atoms with Crippen molar-refractivity contribution in [3.8, 4) is 0 Å². The number of para-hydroxylation sites is 1. The van der Waals surface area contributed by atoms with Gasteiger partial charge in [-0.05, 0) is 12.1 Å². The molecule has 1 aromatic carbocycles. The number of carbonyl (C=O) groups is 1. The highest BCUT2D eigenvalue weighted by Gasteiger charge is 2.34. The van der Waals surface area contributed by atoms with E-state index in [4.69, 9.17) is 10.2 Å². The van der Waals surface area contributed by atoms with E-state index in [1.165, 1.54) is 18.2 Å². The van der Waals surface area contributed by atoms with E-state index >= 15 is 0 Å². The van der Waals surface area contributed by atoms with E-state index in [0.717, 1.165) is 6.07 Å². The Morgan fingerprint density at radius 1 is 1.39 bits per heavy atom. The lowest BCUT2D eigenvalue weighted by molar-refractivity contribution is -0.136. The van der Waals surface area contributed by atoms with Crippen LogP contribution in [0.25, 0.3) is 11.0 Å². The lowest BCUT2D eigenvalue weighted by Crippen LogP contribution is -2.12. The summed E-state index contributed by atoms with van der Waals surface area (Å²) in [4.78, 5) is 10.4. The standard InChI is InChI=1S/C11H8F3NO3/c12-11(13,14)8-3-1-2-6-4-7(18-9(6)8)5-17-10(15)16/h1-4H,5H2,(H2,15,16). The molecule has 1 amide bonds. The molecule has 96 valence electrons. The Morgan fingerprint density at radius 3 is 2.72 bits per heavy atom. The normalized spacial score (nSPS) is 11.7. The van der Waals surface area contributed by atoms with E-state index in [0.29, 0.717) is 0 Å². The van der Waals surface area contributed by atoms with Crippen molar-refractivity contribution in [2.45, 2.75) is 12.8 Å². The largest absolute Gasteiger partial charge is 0.457 e. The van der Waals surface area contributed by atoms with E-state index in [9.17, 15) is 18.0 Å². The molecule has 0 aliphatic rings. The lowest BCUT2D eigenvalue weighted by atomic mass is 10.1. The van der Waals surface area contributed by atoms with Crippen LogP contribution in [0.15, 0.2) is 28.7 Å². The van der Waals surface area contributed by atoms with Crippen molar-refractivity contribution in [2.24, 2.45) is 5.73 Å². The van der Waals surface area contributed by atoms with Gasteiger partial charge in [0.1, 0.15) is 11.3 Å². The summed E-state index contributed by atoms with van der Waals surface area (Å²) in [5.74, 6) is 0.0977. The number of alkyl halides is 3. The third kappa shape index (κ3) is 2.39. The summed E-state index contributed by atoms with van der Waals surface area (Å²) in [5.41, 5.74) is 3.60. The van der Waals surface area contributed by atoms with Gasteiger partial charge in [0.25, 0.3) is 0 Å². The molecule has 0 aliphatic carbocycles. The fraction of sp³-hybridized carbons (Fsp3) is 0.182. The molecule has 0 aliphatic heterocycles. The highest BCUT2D eigenvalue weighted by molar-refractivity contribution is 5.81. The molecule has 2 rings (SSSR count). The van der Waals surface area contributed by atoms with Gasteiger partial charge >= 0.3 is 12.3 Å². The van der Waals surface area contributed by atoms with Crippen LogP contribution < -0.4 is 5.73 Å². The third-order valence-corrected chi connectivity index (χ3v) is 2.26. The minimum Gasteiger partial charge on any atom is -0.457 e. The summed E-state index contributed by atoms with van der Waals surface area (Å²) in [5, 5.41) is 0.285. The number of amides is 1. The Kier molecular flexibility index (Phi) is 2.90. The van der Waals surface area contributed by atoms with Crippen molar-refractivity contribution in [2.75, 3.05) is 0 Å². The molecule has 0 saturated heterocycles. The van der Waals surface area contributed by atoms with Crippen LogP contribution in [0.2, 0.25) is 0 Å². The second kappa shape index (κ2) is 4.25. The first-order valence-electron chi connectivity index (χ1n) is 4.89. The average Bonchev–Trinajstić information content (AvgIpc) is 2.66. The van der Waals surface area contributed by atoms with Gasteiger partial charge in [-0.2, -0.15) is 13.2 Å². The number of primary amides is 1. The first-order valence-corrected chi connectivity index (χ1v) is 4.89. The summed E-state index contributed by atoms with van der Waals surface area (Å²) in [6, 6.07) is 5.04. The van der Waals surface area contributed by atoms with Crippen LogP contribution in [-0.2, 0) is 17.5 Å². The number of rotatable bonds is 2. The molecule has 0 atom stereocenters. The highest BCUT2D eigenvalue weighted by atomic mass is 19.4. The Hall–Kier alpha value is -2.18. The summed E-state index contributed by atoms with van der Waals surface area (Å²) in [7, 11) is 0. The predicted octanol–water partition coefficient (Wildman–Crippen LogP) is 3.05. The van der Waals surface area contributed by atoms with Gasteiger partial charge in [-0.1, -0.05) is 12.1 Å². The third-order valence-electron chi connectivity index (χ3n) is 2.26. The van der Waals surface area contributed by atoms with E-state index in [1.807, 2.05) is 0 Å². The smallest absolute Gasteiger partial charge is 0.420 e. The Balaban J connectivity index is 2.42. The molecule has 0 spiro atoms. The quantitative estimate of drug-likeness (QED) is 0.901. The van der Waals surface area contributed by atoms with Crippen molar-refractivity contribution >= 4 is 17.1 Å². The topological polar surface area (TPSA) is 65.5 Å². The first kappa shape index (κ1) is 12.3. The highest BCUT2D eigenvalue weighted by Crippen LogP contribution is 2.36. The van der Waals surface area contributed by atoms with Crippen LogP contribution in [0, 0.1) is 0 Å². The number of benzene rings is 1. The van der Waals surface area contributed by atoms with Gasteiger partial charge in [0.05, 0.1) is 5.56 Å². The fourth-order valence-corrected chi connectivity index (χ4v) is 1.55. The molecule has 2 aromatic rings. The van der Waals surface area contributed by atoms with Crippen molar-refractivity contribution < 1.29 is 27.1 Å². The molecule has 2 N–H and O–H groups in total. The zero-order chi connectivity index (χ0) is 13.3. The van der Waals surface area contributed by atoms with Crippen LogP contribution in [0.1, 0.15) is 11.3 Å². The van der Waals surface area contributed by atoms with Crippen LogP contribution in [0.4, 0.5) is 18.0 Å². The molecule has 4 nitrogen and oxygen atoms in total. The second-order valence-corrected chi connectivity index (χ2v) is 3.54. The minimum absolute atomic E-state index is 0.0977. The molecule has 0 radical (unpaired) electrons. The predicted molar refractivity (Wildman–Crippen MR) is 55.6 cm³/mol. The summed E-state index contributed by atoms with van der Waals surface area (Å²) < 4.78 is 47.5. The number of fused-ring (bicyclic) bond motifs is 1. The summed E-state index contributed by atoms with van der Waals surface area (Å²) in [6.07, 6.45) is -5.52. The van der Waals surface area contributed by atoms with E-state index in [1.54, 1.807) is 0 Å². The van der Waals surface area contributed by atoms with Crippen LogP contribution in [0.3, 0.4) is 0 Å². The van der Waals surface area contributed by atoms with Gasteiger partial charge in [0.15, 0.2) is 6.61 Å². The number of carbonyl (C=O) groups excluding carboxylic acids is 1. The molecular weight excluding hydrogens is 251 g/mol. The van der Waals surface area contributed by atoms with Crippen LogP contribution in [-0.4, -0.2) is 6.09 Å². The zero-order valence-corrected chi connectivity index (χ0v) is 8.95. The van der Waals surface area contributed by atoms with Gasteiger partial charge in [-0.3, -0.25) is 0 Å². The average molecular weight is 259 g/mol. The second-order valence-electron chi connectivity index (χ2n) is 3.54. The number of ether oxygens (including phenoxy) is 1. The van der Waals surface area contributed by atoms with Crippen LogP contribution >= 0.6 is 0 Å². The number of hydrogen-bond acceptors (Lipinski definition) is 3. The van der Waals surface area contributed by atoms with Gasteiger partial charge in [-0.15, -0.1) is 0 Å². The Labute approximate surface area is 99.1 Å². The molecular formula is C11H8F3NO3.